The van der Waals surface area contributed by atoms with Crippen LogP contribution in [0, 0.1) is 0 Å². The fourth-order valence-electron chi connectivity index (χ4n) is 4.15. The van der Waals surface area contributed by atoms with Crippen molar-refractivity contribution in [2.45, 2.75) is 18.8 Å². The Labute approximate surface area is 188 Å². The molecular formula is C26H28N4S. The van der Waals surface area contributed by atoms with Crippen molar-refractivity contribution in [3.8, 4) is 0 Å². The highest BCUT2D eigenvalue weighted by Crippen LogP contribution is 2.22. The molecule has 0 aliphatic carbocycles. The van der Waals surface area contributed by atoms with E-state index in [2.05, 4.69) is 98.7 Å². The van der Waals surface area contributed by atoms with E-state index in [9.17, 15) is 0 Å². The van der Waals surface area contributed by atoms with Crippen LogP contribution >= 0.6 is 11.9 Å². The van der Waals surface area contributed by atoms with Crippen LogP contribution in [0.2, 0.25) is 0 Å². The molecule has 5 heteroatoms. The van der Waals surface area contributed by atoms with Crippen LogP contribution in [0.5, 0.6) is 0 Å². The van der Waals surface area contributed by atoms with E-state index < -0.39 is 0 Å². The minimum Gasteiger partial charge on any atom is -0.322 e. The van der Waals surface area contributed by atoms with Gasteiger partial charge in [-0.25, -0.2) is 9.29 Å². The molecule has 1 aromatic heterocycles. The molecule has 5 rings (SSSR count). The van der Waals surface area contributed by atoms with Crippen LogP contribution in [0.3, 0.4) is 0 Å². The summed E-state index contributed by atoms with van der Waals surface area (Å²) in [5, 5.41) is 0. The zero-order valence-electron chi connectivity index (χ0n) is 17.7. The van der Waals surface area contributed by atoms with Gasteiger partial charge in [-0.2, -0.15) is 0 Å². The van der Waals surface area contributed by atoms with Crippen LogP contribution in [-0.2, 0) is 18.8 Å². The number of imidazole rings is 1. The maximum atomic E-state index is 5.00. The van der Waals surface area contributed by atoms with Gasteiger partial charge in [-0.3, -0.25) is 4.90 Å². The number of fused-ring (bicyclic) bond motifs is 1. The van der Waals surface area contributed by atoms with Crippen molar-refractivity contribution in [3.63, 3.8) is 0 Å². The summed E-state index contributed by atoms with van der Waals surface area (Å²) in [5.74, 6) is 2.21. The van der Waals surface area contributed by atoms with Gasteiger partial charge in [0.25, 0.3) is 0 Å². The topological polar surface area (TPSA) is 24.3 Å². The van der Waals surface area contributed by atoms with E-state index >= 15 is 0 Å². The lowest BCUT2D eigenvalue weighted by molar-refractivity contribution is 0.184. The lowest BCUT2D eigenvalue weighted by atomic mass is 10.2. The summed E-state index contributed by atoms with van der Waals surface area (Å²) >= 11 is 1.95. The molecule has 158 valence electrons. The van der Waals surface area contributed by atoms with Crippen LogP contribution < -0.4 is 0 Å². The summed E-state index contributed by atoms with van der Waals surface area (Å²) in [5.41, 5.74) is 5.02. The molecule has 31 heavy (non-hydrogen) atoms. The summed E-state index contributed by atoms with van der Waals surface area (Å²) in [6, 6.07) is 29.9. The van der Waals surface area contributed by atoms with Crippen LogP contribution in [-0.4, -0.2) is 44.9 Å². The molecule has 4 nitrogen and oxygen atoms in total. The van der Waals surface area contributed by atoms with Gasteiger partial charge in [0.1, 0.15) is 5.82 Å². The van der Waals surface area contributed by atoms with Crippen molar-refractivity contribution in [3.05, 3.63) is 102 Å². The van der Waals surface area contributed by atoms with Crippen molar-refractivity contribution >= 4 is 23.0 Å². The first kappa shape index (κ1) is 20.3. The fraction of sp³-hybridized carbons (Fsp3) is 0.269. The standard InChI is InChI=1S/C26H28N4S/c1-3-9-22(10-4-1)19-30-25-14-8-7-13-24(25)27-26(30)20-28-15-17-29(18-16-28)31-21-23-11-5-2-6-12-23/h1-14H,15-21H2. The summed E-state index contributed by atoms with van der Waals surface area (Å²) in [6.07, 6.45) is 0. The molecule has 3 aromatic carbocycles. The highest BCUT2D eigenvalue weighted by atomic mass is 32.2. The van der Waals surface area contributed by atoms with E-state index in [1.807, 2.05) is 11.9 Å². The third-order valence-electron chi connectivity index (χ3n) is 5.87. The summed E-state index contributed by atoms with van der Waals surface area (Å²) in [4.78, 5) is 7.54. The minimum atomic E-state index is 0.865. The number of hydrogen-bond acceptors (Lipinski definition) is 4. The van der Waals surface area contributed by atoms with Crippen molar-refractivity contribution in [1.29, 1.82) is 0 Å². The molecule has 1 saturated heterocycles. The van der Waals surface area contributed by atoms with Gasteiger partial charge >= 0.3 is 0 Å². The Kier molecular flexibility index (Phi) is 6.35. The van der Waals surface area contributed by atoms with Crippen molar-refractivity contribution < 1.29 is 0 Å². The van der Waals surface area contributed by atoms with E-state index in [0.717, 1.165) is 56.4 Å². The Bertz CT molecular complexity index is 1100. The third-order valence-corrected chi connectivity index (χ3v) is 7.06. The second-order valence-corrected chi connectivity index (χ2v) is 9.12. The van der Waals surface area contributed by atoms with Gasteiger partial charge in [0.2, 0.25) is 0 Å². The molecule has 1 fully saturated rings. The predicted octanol–water partition coefficient (Wildman–Crippen LogP) is 5.05. The molecule has 0 bridgehead atoms. The Morgan fingerprint density at radius 3 is 2.06 bits per heavy atom. The Hall–Kier alpha value is -2.60. The Morgan fingerprint density at radius 1 is 0.677 bits per heavy atom. The molecular weight excluding hydrogens is 400 g/mol. The van der Waals surface area contributed by atoms with Crippen molar-refractivity contribution in [2.75, 3.05) is 26.2 Å². The largest absolute Gasteiger partial charge is 0.322 e. The molecule has 0 amide bonds. The summed E-state index contributed by atoms with van der Waals surface area (Å²) in [6.45, 7) is 6.11. The van der Waals surface area contributed by atoms with E-state index in [0.29, 0.717) is 0 Å². The normalized spacial score (nSPS) is 15.5. The van der Waals surface area contributed by atoms with E-state index in [-0.39, 0.29) is 0 Å². The molecule has 1 aliphatic heterocycles. The van der Waals surface area contributed by atoms with Crippen molar-refractivity contribution in [1.82, 2.24) is 18.8 Å². The summed E-state index contributed by atoms with van der Waals surface area (Å²) in [7, 11) is 0. The molecule has 4 aromatic rings. The maximum Gasteiger partial charge on any atom is 0.124 e. The SMILES string of the molecule is c1ccc(CSN2CCN(Cc3nc4ccccc4n3Cc3ccccc3)CC2)cc1. The lowest BCUT2D eigenvalue weighted by Crippen LogP contribution is -2.43. The van der Waals surface area contributed by atoms with Crippen LogP contribution in [0.1, 0.15) is 17.0 Å². The zero-order valence-corrected chi connectivity index (χ0v) is 18.5. The molecule has 1 aliphatic rings. The minimum absolute atomic E-state index is 0.865. The number of para-hydroxylation sites is 2. The first-order chi connectivity index (χ1) is 15.3. The smallest absolute Gasteiger partial charge is 0.124 e. The van der Waals surface area contributed by atoms with E-state index in [1.165, 1.54) is 16.6 Å². The highest BCUT2D eigenvalue weighted by molar-refractivity contribution is 7.96. The zero-order chi connectivity index (χ0) is 20.9. The number of nitrogens with zero attached hydrogens (tertiary/aromatic N) is 4. The second-order valence-electron chi connectivity index (χ2n) is 8.05. The predicted molar refractivity (Wildman–Crippen MR) is 130 cm³/mol. The van der Waals surface area contributed by atoms with Crippen LogP contribution in [0.15, 0.2) is 84.9 Å². The average Bonchev–Trinajstić information content (AvgIpc) is 3.17. The van der Waals surface area contributed by atoms with Crippen molar-refractivity contribution in [2.24, 2.45) is 0 Å². The molecule has 0 spiro atoms. The number of aromatic nitrogens is 2. The van der Waals surface area contributed by atoms with Crippen LogP contribution in [0.25, 0.3) is 11.0 Å². The van der Waals surface area contributed by atoms with Gasteiger partial charge in [0.15, 0.2) is 0 Å². The fourth-order valence-corrected chi connectivity index (χ4v) is 5.09. The highest BCUT2D eigenvalue weighted by Gasteiger charge is 2.20. The lowest BCUT2D eigenvalue weighted by Gasteiger charge is -2.33. The molecule has 0 radical (unpaired) electrons. The van der Waals surface area contributed by atoms with E-state index in [1.54, 1.807) is 0 Å². The number of piperazine rings is 1. The molecule has 0 saturated carbocycles. The van der Waals surface area contributed by atoms with Gasteiger partial charge in [0, 0.05) is 38.5 Å². The van der Waals surface area contributed by atoms with Gasteiger partial charge in [0.05, 0.1) is 17.6 Å². The molecule has 2 heterocycles. The van der Waals surface area contributed by atoms with Crippen LogP contribution in [0.4, 0.5) is 0 Å². The number of rotatable bonds is 7. The Balaban J connectivity index is 1.24. The summed E-state index contributed by atoms with van der Waals surface area (Å²) < 4.78 is 4.90. The third kappa shape index (κ3) is 5.01. The average molecular weight is 429 g/mol. The quantitative estimate of drug-likeness (QED) is 0.385. The van der Waals surface area contributed by atoms with Gasteiger partial charge in [-0.05, 0) is 23.3 Å². The number of benzene rings is 3. The Morgan fingerprint density at radius 2 is 1.32 bits per heavy atom. The second kappa shape index (κ2) is 9.69. The maximum absolute atomic E-state index is 5.00. The first-order valence-electron chi connectivity index (χ1n) is 11.0. The van der Waals surface area contributed by atoms with Gasteiger partial charge in [-0.15, -0.1) is 0 Å². The first-order valence-corrected chi connectivity index (χ1v) is 11.9. The molecule has 0 N–H and O–H groups in total. The monoisotopic (exact) mass is 428 g/mol. The van der Waals surface area contributed by atoms with E-state index in [4.69, 9.17) is 4.98 Å². The number of hydrogen-bond donors (Lipinski definition) is 0. The molecule has 0 unspecified atom stereocenters. The van der Waals surface area contributed by atoms with Gasteiger partial charge in [-0.1, -0.05) is 84.7 Å². The van der Waals surface area contributed by atoms with Gasteiger partial charge < -0.3 is 4.57 Å². The molecule has 0 atom stereocenters.